The third kappa shape index (κ3) is 3.99. The highest BCUT2D eigenvalue weighted by molar-refractivity contribution is 6.46. The number of carbonyl (C=O) groups is 2. The lowest BCUT2D eigenvalue weighted by Gasteiger charge is -2.25. The number of aliphatic hydroxyl groups is 1. The Hall–Kier alpha value is -3.49. The van der Waals surface area contributed by atoms with Crippen molar-refractivity contribution < 1.29 is 28.9 Å². The van der Waals surface area contributed by atoms with E-state index in [-0.39, 0.29) is 34.2 Å². The molecule has 1 aliphatic rings. The Kier molecular flexibility index (Phi) is 6.81. The van der Waals surface area contributed by atoms with Crippen LogP contribution in [0.1, 0.15) is 23.6 Å². The summed E-state index contributed by atoms with van der Waals surface area (Å²) in [6, 6.07) is 9.75. The van der Waals surface area contributed by atoms with E-state index in [2.05, 4.69) is 4.98 Å². The number of carbonyl (C=O) groups excluding carboxylic acids is 2. The number of rotatable bonds is 8. The number of ketones is 1. The lowest BCUT2D eigenvalue weighted by atomic mass is 9.94. The summed E-state index contributed by atoms with van der Waals surface area (Å²) >= 11 is 6.22. The Bertz CT molecular complexity index is 1280. The number of hydrogen-bond acceptors (Lipinski definition) is 6. The van der Waals surface area contributed by atoms with Gasteiger partial charge in [-0.25, -0.2) is 0 Å². The smallest absolute Gasteiger partial charge is 0.295 e. The van der Waals surface area contributed by atoms with Gasteiger partial charge >= 0.3 is 0 Å². The number of halogens is 1. The molecule has 2 heterocycles. The Labute approximate surface area is 201 Å². The zero-order chi connectivity index (χ0) is 24.4. The summed E-state index contributed by atoms with van der Waals surface area (Å²) in [5.41, 5.74) is 1.72. The molecule has 0 aliphatic carbocycles. The van der Waals surface area contributed by atoms with Crippen molar-refractivity contribution in [3.05, 3.63) is 64.3 Å². The van der Waals surface area contributed by atoms with Crippen LogP contribution in [0.4, 0.5) is 0 Å². The van der Waals surface area contributed by atoms with Gasteiger partial charge in [0.1, 0.15) is 17.3 Å². The molecular formula is C25H25ClN2O6. The molecule has 1 amide bonds. The number of aliphatic hydroxyl groups excluding tert-OH is 1. The number of methoxy groups -OCH3 is 3. The lowest BCUT2D eigenvalue weighted by Crippen LogP contribution is -2.31. The summed E-state index contributed by atoms with van der Waals surface area (Å²) in [6.45, 7) is 0.701. The van der Waals surface area contributed by atoms with Gasteiger partial charge in [-0.2, -0.15) is 0 Å². The van der Waals surface area contributed by atoms with E-state index in [0.717, 1.165) is 10.9 Å². The fourth-order valence-corrected chi connectivity index (χ4v) is 4.55. The maximum atomic E-state index is 13.3. The van der Waals surface area contributed by atoms with E-state index in [1.807, 2.05) is 24.3 Å². The van der Waals surface area contributed by atoms with Crippen LogP contribution in [0, 0.1) is 0 Å². The van der Waals surface area contributed by atoms with E-state index in [4.69, 9.17) is 25.8 Å². The summed E-state index contributed by atoms with van der Waals surface area (Å²) in [6.07, 6.45) is 2.29. The molecule has 0 radical (unpaired) electrons. The average Bonchev–Trinajstić information content (AvgIpc) is 3.37. The summed E-state index contributed by atoms with van der Waals surface area (Å²) in [4.78, 5) is 31.1. The van der Waals surface area contributed by atoms with E-state index in [9.17, 15) is 14.7 Å². The first-order chi connectivity index (χ1) is 16.4. The number of para-hydroxylation sites is 1. The van der Waals surface area contributed by atoms with Gasteiger partial charge in [-0.1, -0.05) is 29.8 Å². The lowest BCUT2D eigenvalue weighted by molar-refractivity contribution is -0.140. The molecule has 1 saturated heterocycles. The Morgan fingerprint density at radius 3 is 2.56 bits per heavy atom. The van der Waals surface area contributed by atoms with Crippen LogP contribution in [0.25, 0.3) is 16.7 Å². The molecule has 4 rings (SSSR count). The number of nitrogens with one attached hydrogen (secondary N) is 1. The van der Waals surface area contributed by atoms with Crippen molar-refractivity contribution in [3.63, 3.8) is 0 Å². The van der Waals surface area contributed by atoms with Crippen molar-refractivity contribution in [2.24, 2.45) is 0 Å². The minimum Gasteiger partial charge on any atom is -0.507 e. The maximum Gasteiger partial charge on any atom is 0.295 e. The minimum absolute atomic E-state index is 0.0326. The highest BCUT2D eigenvalue weighted by atomic mass is 35.5. The molecule has 1 aliphatic heterocycles. The van der Waals surface area contributed by atoms with E-state index < -0.39 is 17.7 Å². The van der Waals surface area contributed by atoms with Gasteiger partial charge in [0.25, 0.3) is 11.7 Å². The first kappa shape index (κ1) is 23.7. The first-order valence-corrected chi connectivity index (χ1v) is 11.1. The summed E-state index contributed by atoms with van der Waals surface area (Å²) in [5.74, 6) is -1.29. The number of likely N-dealkylation sites (tertiary alicyclic amines) is 1. The Balaban J connectivity index is 1.94. The normalized spacial score (nSPS) is 17.5. The van der Waals surface area contributed by atoms with Crippen LogP contribution in [-0.2, 0) is 14.3 Å². The van der Waals surface area contributed by atoms with Gasteiger partial charge in [-0.3, -0.25) is 9.59 Å². The second-order valence-corrected chi connectivity index (χ2v) is 8.22. The number of benzene rings is 2. The highest BCUT2D eigenvalue weighted by Crippen LogP contribution is 2.44. The van der Waals surface area contributed by atoms with Crippen LogP contribution in [0.3, 0.4) is 0 Å². The largest absolute Gasteiger partial charge is 0.507 e. The standard InChI is InChI=1S/C25H25ClN2O6/c1-32-10-6-9-28-22(16-13-27-18-8-5-4-7-14(16)18)21(24(30)25(28)31)23(29)15-11-20(34-3)17(26)12-19(15)33-2/h4-5,7-8,11-13,22,27,29H,6,9-10H2,1-3H3/b23-21+. The quantitative estimate of drug-likeness (QED) is 0.214. The molecule has 9 heteroatoms. The number of aromatic nitrogens is 1. The number of H-pyrrole nitrogens is 1. The van der Waals surface area contributed by atoms with Crippen molar-refractivity contribution in [1.29, 1.82) is 0 Å². The van der Waals surface area contributed by atoms with E-state index >= 15 is 0 Å². The monoisotopic (exact) mass is 484 g/mol. The summed E-state index contributed by atoms with van der Waals surface area (Å²) in [7, 11) is 4.44. The van der Waals surface area contributed by atoms with Crippen LogP contribution in [-0.4, -0.2) is 61.2 Å². The van der Waals surface area contributed by atoms with Crippen LogP contribution < -0.4 is 9.47 Å². The number of aromatic amines is 1. The predicted octanol–water partition coefficient (Wildman–Crippen LogP) is 4.30. The van der Waals surface area contributed by atoms with E-state index in [1.165, 1.54) is 31.3 Å². The first-order valence-electron chi connectivity index (χ1n) is 10.7. The fourth-order valence-electron chi connectivity index (χ4n) is 4.32. The SMILES string of the molecule is COCCCN1C(=O)C(=O)/C(=C(/O)c2cc(OC)c(Cl)cc2OC)C1c1c[nH]c2ccccc12. The average molecular weight is 485 g/mol. The van der Waals surface area contributed by atoms with Gasteiger partial charge in [0.2, 0.25) is 0 Å². The molecule has 3 aromatic rings. The zero-order valence-electron chi connectivity index (χ0n) is 19.1. The third-order valence-corrected chi connectivity index (χ3v) is 6.23. The number of nitrogens with zero attached hydrogens (tertiary/aromatic N) is 1. The fraction of sp³-hybridized carbons (Fsp3) is 0.280. The molecule has 1 unspecified atom stereocenters. The van der Waals surface area contributed by atoms with Gasteiger partial charge in [0, 0.05) is 49.0 Å². The molecule has 34 heavy (non-hydrogen) atoms. The molecule has 178 valence electrons. The molecule has 1 aromatic heterocycles. The maximum absolute atomic E-state index is 13.3. The second-order valence-electron chi connectivity index (χ2n) is 7.82. The van der Waals surface area contributed by atoms with Gasteiger partial charge in [-0.15, -0.1) is 0 Å². The van der Waals surface area contributed by atoms with Gasteiger partial charge in [0.15, 0.2) is 0 Å². The Morgan fingerprint density at radius 1 is 1.12 bits per heavy atom. The van der Waals surface area contributed by atoms with Gasteiger partial charge < -0.3 is 29.2 Å². The van der Waals surface area contributed by atoms with Crippen LogP contribution >= 0.6 is 11.6 Å². The summed E-state index contributed by atoms with van der Waals surface area (Å²) < 4.78 is 15.8. The predicted molar refractivity (Wildman–Crippen MR) is 128 cm³/mol. The molecule has 0 bridgehead atoms. The number of hydrogen-bond donors (Lipinski definition) is 2. The van der Waals surface area contributed by atoms with Crippen LogP contribution in [0.2, 0.25) is 5.02 Å². The molecule has 8 nitrogen and oxygen atoms in total. The van der Waals surface area contributed by atoms with Crippen molar-refractivity contribution >= 4 is 40.0 Å². The Morgan fingerprint density at radius 2 is 1.85 bits per heavy atom. The van der Waals surface area contributed by atoms with E-state index in [1.54, 1.807) is 13.3 Å². The number of ether oxygens (including phenoxy) is 3. The number of amides is 1. The highest BCUT2D eigenvalue weighted by Gasteiger charge is 2.47. The zero-order valence-corrected chi connectivity index (χ0v) is 19.8. The van der Waals surface area contributed by atoms with Gasteiger partial charge in [-0.05, 0) is 18.6 Å². The minimum atomic E-state index is -0.806. The van der Waals surface area contributed by atoms with Crippen molar-refractivity contribution in [3.8, 4) is 11.5 Å². The molecule has 2 aromatic carbocycles. The van der Waals surface area contributed by atoms with Gasteiger partial charge in [0.05, 0.1) is 36.4 Å². The van der Waals surface area contributed by atoms with E-state index in [0.29, 0.717) is 24.3 Å². The van der Waals surface area contributed by atoms with Crippen LogP contribution in [0.15, 0.2) is 48.2 Å². The van der Waals surface area contributed by atoms with Crippen molar-refractivity contribution in [2.45, 2.75) is 12.5 Å². The molecular weight excluding hydrogens is 460 g/mol. The second kappa shape index (κ2) is 9.79. The molecule has 0 spiro atoms. The summed E-state index contributed by atoms with van der Waals surface area (Å²) in [5, 5.41) is 12.6. The molecule has 2 N–H and O–H groups in total. The molecule has 1 atom stereocenters. The number of fused-ring (bicyclic) bond motifs is 1. The van der Waals surface area contributed by atoms with Crippen molar-refractivity contribution in [2.75, 3.05) is 34.5 Å². The third-order valence-electron chi connectivity index (χ3n) is 5.93. The number of Topliss-reactive ketones (excluding diaryl/α,β-unsaturated/α-hetero) is 1. The topological polar surface area (TPSA) is 101 Å². The molecule has 1 fully saturated rings. The van der Waals surface area contributed by atoms with Crippen molar-refractivity contribution in [1.82, 2.24) is 9.88 Å². The molecule has 0 saturated carbocycles. The van der Waals surface area contributed by atoms with Crippen LogP contribution in [0.5, 0.6) is 11.5 Å².